The monoisotopic (exact) mass is 251 g/mol. The average Bonchev–Trinajstić information content (AvgIpc) is 2.33. The van der Waals surface area contributed by atoms with E-state index in [0.717, 1.165) is 19.5 Å². The summed E-state index contributed by atoms with van der Waals surface area (Å²) in [5.41, 5.74) is 2.64. The van der Waals surface area contributed by atoms with Crippen molar-refractivity contribution in [2.45, 2.75) is 19.9 Å². The number of rotatable bonds is 4. The Morgan fingerprint density at radius 3 is 2.59 bits per heavy atom. The van der Waals surface area contributed by atoms with E-state index in [9.17, 15) is 0 Å². The van der Waals surface area contributed by atoms with Crippen LogP contribution < -0.4 is 51.4 Å². The fraction of sp³-hybridized carbons (Fsp3) is 0.333. The largest absolute Gasteiger partial charge is 1.00 e. The van der Waals surface area contributed by atoms with Gasteiger partial charge in [-0.25, -0.2) is 0 Å². The van der Waals surface area contributed by atoms with Crippen molar-refractivity contribution >= 4 is 0 Å². The van der Waals surface area contributed by atoms with E-state index in [2.05, 4.69) is 54.7 Å². The number of allylic oxidation sites excluding steroid dienone is 2. The molecule has 2 rings (SSSR count). The van der Waals surface area contributed by atoms with Crippen LogP contribution in [0.25, 0.3) is 5.32 Å². The second kappa shape index (κ2) is 8.41. The molecule has 0 spiro atoms. The minimum Gasteiger partial charge on any atom is -0.655 e. The van der Waals surface area contributed by atoms with Crippen LogP contribution in [0.1, 0.15) is 18.9 Å². The predicted octanol–water partition coefficient (Wildman–Crippen LogP) is 1.09. The minimum atomic E-state index is 0. The van der Waals surface area contributed by atoms with Gasteiger partial charge < -0.3 is 5.32 Å². The van der Waals surface area contributed by atoms with Gasteiger partial charge in [0.2, 0.25) is 0 Å². The van der Waals surface area contributed by atoms with Crippen LogP contribution in [0.15, 0.2) is 54.1 Å². The molecule has 0 heterocycles. The minimum absolute atomic E-state index is 0. The molecule has 1 nitrogen and oxygen atoms in total. The quantitative estimate of drug-likeness (QED) is 0.711. The standard InChI is InChI=1S/C15H18N.K/c1-13-7-9-15(10-8-13)12-16-11-14-5-3-2-4-6-14;/h2-7,9-10,13H,8,11-12H2,1H3;/q-1;+1. The van der Waals surface area contributed by atoms with E-state index in [1.54, 1.807) is 0 Å². The zero-order valence-electron chi connectivity index (χ0n) is 10.8. The topological polar surface area (TPSA) is 14.1 Å². The van der Waals surface area contributed by atoms with Gasteiger partial charge in [-0.15, -0.1) is 13.1 Å². The van der Waals surface area contributed by atoms with E-state index >= 15 is 0 Å². The Labute approximate surface area is 147 Å². The smallest absolute Gasteiger partial charge is 0.655 e. The third-order valence-electron chi connectivity index (χ3n) is 2.82. The molecule has 0 aromatic heterocycles. The Hall–Kier alpha value is 0.296. The fourth-order valence-corrected chi connectivity index (χ4v) is 1.79. The second-order valence-electron chi connectivity index (χ2n) is 4.38. The molecule has 0 aliphatic heterocycles. The van der Waals surface area contributed by atoms with Crippen molar-refractivity contribution in [2.75, 3.05) is 6.54 Å². The third kappa shape index (κ3) is 5.64. The molecular weight excluding hydrogens is 233 g/mol. The third-order valence-corrected chi connectivity index (χ3v) is 2.82. The summed E-state index contributed by atoms with van der Waals surface area (Å²) in [5, 5.41) is 4.57. The molecule has 0 amide bonds. The van der Waals surface area contributed by atoms with E-state index < -0.39 is 0 Å². The Bertz CT molecular complexity index is 381. The van der Waals surface area contributed by atoms with Crippen LogP contribution in [0.4, 0.5) is 0 Å². The molecule has 0 radical (unpaired) electrons. The van der Waals surface area contributed by atoms with Gasteiger partial charge >= 0.3 is 51.4 Å². The van der Waals surface area contributed by atoms with Crippen molar-refractivity contribution in [1.29, 1.82) is 0 Å². The van der Waals surface area contributed by atoms with E-state index in [1.165, 1.54) is 11.1 Å². The molecular formula is C15H18KN. The van der Waals surface area contributed by atoms with Gasteiger partial charge in [-0.3, -0.25) is 0 Å². The van der Waals surface area contributed by atoms with E-state index in [0.29, 0.717) is 5.92 Å². The molecule has 0 fully saturated rings. The van der Waals surface area contributed by atoms with Crippen LogP contribution in [-0.2, 0) is 6.54 Å². The van der Waals surface area contributed by atoms with Crippen molar-refractivity contribution in [3.63, 3.8) is 0 Å². The SMILES string of the molecule is CC1C=CC(C[N-]Cc2ccccc2)=CC1.[K+]. The molecule has 0 saturated heterocycles. The molecule has 1 aliphatic carbocycles. The Balaban J connectivity index is 0.00000144. The van der Waals surface area contributed by atoms with Gasteiger partial charge in [0.15, 0.2) is 0 Å². The predicted molar refractivity (Wildman–Crippen MR) is 69.4 cm³/mol. The van der Waals surface area contributed by atoms with Crippen LogP contribution in [0, 0.1) is 5.92 Å². The van der Waals surface area contributed by atoms with Crippen molar-refractivity contribution in [2.24, 2.45) is 5.92 Å². The number of hydrogen-bond acceptors (Lipinski definition) is 0. The molecule has 0 saturated carbocycles. The van der Waals surface area contributed by atoms with Crippen molar-refractivity contribution in [3.8, 4) is 0 Å². The van der Waals surface area contributed by atoms with Crippen LogP contribution in [0.3, 0.4) is 0 Å². The van der Waals surface area contributed by atoms with E-state index in [4.69, 9.17) is 0 Å². The van der Waals surface area contributed by atoms with Gasteiger partial charge in [0.05, 0.1) is 0 Å². The molecule has 2 heteroatoms. The summed E-state index contributed by atoms with van der Waals surface area (Å²) in [4.78, 5) is 0. The maximum Gasteiger partial charge on any atom is 1.00 e. The van der Waals surface area contributed by atoms with Crippen LogP contribution in [0.2, 0.25) is 0 Å². The van der Waals surface area contributed by atoms with Gasteiger partial charge in [-0.1, -0.05) is 66.6 Å². The zero-order valence-corrected chi connectivity index (χ0v) is 13.9. The van der Waals surface area contributed by atoms with Gasteiger partial charge in [0, 0.05) is 0 Å². The summed E-state index contributed by atoms with van der Waals surface area (Å²) < 4.78 is 0. The summed E-state index contributed by atoms with van der Waals surface area (Å²) in [7, 11) is 0. The normalized spacial score (nSPS) is 18.4. The first-order chi connectivity index (χ1) is 7.84. The summed E-state index contributed by atoms with van der Waals surface area (Å²) in [6.07, 6.45) is 7.95. The molecule has 1 aliphatic rings. The van der Waals surface area contributed by atoms with Crippen molar-refractivity contribution in [3.05, 3.63) is 65.0 Å². The Morgan fingerprint density at radius 1 is 1.18 bits per heavy atom. The van der Waals surface area contributed by atoms with E-state index in [1.807, 2.05) is 6.07 Å². The molecule has 1 aromatic rings. The second-order valence-corrected chi connectivity index (χ2v) is 4.38. The molecule has 1 atom stereocenters. The molecule has 0 bridgehead atoms. The summed E-state index contributed by atoms with van der Waals surface area (Å²) in [6, 6.07) is 10.4. The summed E-state index contributed by atoms with van der Waals surface area (Å²) >= 11 is 0. The maximum absolute atomic E-state index is 4.57. The van der Waals surface area contributed by atoms with Crippen LogP contribution in [0.5, 0.6) is 0 Å². The average molecular weight is 251 g/mol. The Kier molecular flexibility index (Phi) is 7.59. The Morgan fingerprint density at radius 2 is 1.94 bits per heavy atom. The maximum atomic E-state index is 4.57. The van der Waals surface area contributed by atoms with E-state index in [-0.39, 0.29) is 51.4 Å². The summed E-state index contributed by atoms with van der Waals surface area (Å²) in [5.74, 6) is 0.692. The first-order valence-corrected chi connectivity index (χ1v) is 5.89. The van der Waals surface area contributed by atoms with Gasteiger partial charge in [0.1, 0.15) is 0 Å². The molecule has 17 heavy (non-hydrogen) atoms. The first kappa shape index (κ1) is 15.4. The van der Waals surface area contributed by atoms with Crippen molar-refractivity contribution < 1.29 is 51.4 Å². The van der Waals surface area contributed by atoms with Gasteiger partial charge in [-0.2, -0.15) is 0 Å². The zero-order chi connectivity index (χ0) is 11.2. The first-order valence-electron chi connectivity index (χ1n) is 5.89. The van der Waals surface area contributed by atoms with Crippen molar-refractivity contribution in [1.82, 2.24) is 0 Å². The molecule has 1 aromatic carbocycles. The van der Waals surface area contributed by atoms with Crippen LogP contribution in [-0.4, -0.2) is 6.54 Å². The van der Waals surface area contributed by atoms with Crippen LogP contribution >= 0.6 is 0 Å². The molecule has 84 valence electrons. The fourth-order valence-electron chi connectivity index (χ4n) is 1.79. The van der Waals surface area contributed by atoms with Gasteiger partial charge in [-0.05, 0) is 12.3 Å². The molecule has 0 N–H and O–H groups in total. The summed E-state index contributed by atoms with van der Waals surface area (Å²) in [6.45, 7) is 3.91. The number of hydrogen-bond donors (Lipinski definition) is 0. The molecule has 1 unspecified atom stereocenters. The number of nitrogens with zero attached hydrogens (tertiary/aromatic N) is 1. The number of benzene rings is 1. The van der Waals surface area contributed by atoms with Gasteiger partial charge in [0.25, 0.3) is 0 Å².